The maximum absolute atomic E-state index is 12.2. The number of anilines is 1. The van der Waals surface area contributed by atoms with Gasteiger partial charge in [0, 0.05) is 24.7 Å². The number of fused-ring (bicyclic) bond motifs is 1. The van der Waals surface area contributed by atoms with Gasteiger partial charge < -0.3 is 15.3 Å². The van der Waals surface area contributed by atoms with Crippen molar-refractivity contribution in [2.45, 2.75) is 37.7 Å². The van der Waals surface area contributed by atoms with Gasteiger partial charge in [-0.3, -0.25) is 9.59 Å². The summed E-state index contributed by atoms with van der Waals surface area (Å²) in [5, 5.41) is 13.5. The Kier molecular flexibility index (Phi) is 3.97. The number of rotatable bonds is 2. The maximum Gasteiger partial charge on any atom is 0.313 e. The summed E-state index contributed by atoms with van der Waals surface area (Å²) in [4.78, 5) is 30.4. The Morgan fingerprint density at radius 2 is 2.12 bits per heavy atom. The quantitative estimate of drug-likeness (QED) is 0.817. The first-order valence-electron chi connectivity index (χ1n) is 8.29. The predicted molar refractivity (Wildman–Crippen MR) is 92.0 cm³/mol. The molecule has 0 radical (unpaired) electrons. The van der Waals surface area contributed by atoms with Crippen molar-refractivity contribution in [2.24, 2.45) is 0 Å². The zero-order valence-electron chi connectivity index (χ0n) is 13.2. The van der Waals surface area contributed by atoms with Gasteiger partial charge in [-0.05, 0) is 43.9 Å². The van der Waals surface area contributed by atoms with Gasteiger partial charge in [-0.15, -0.1) is 11.3 Å². The Labute approximate surface area is 143 Å². The fourth-order valence-corrected chi connectivity index (χ4v) is 4.17. The minimum atomic E-state index is -0.657. The molecule has 1 aromatic carbocycles. The fourth-order valence-electron chi connectivity index (χ4n) is 2.99. The van der Waals surface area contributed by atoms with Gasteiger partial charge in [-0.1, -0.05) is 0 Å². The summed E-state index contributed by atoms with van der Waals surface area (Å²) in [6, 6.07) is 5.52. The van der Waals surface area contributed by atoms with Crippen LogP contribution in [0.5, 0.6) is 0 Å². The molecule has 2 heterocycles. The minimum Gasteiger partial charge on any atom is -0.391 e. The van der Waals surface area contributed by atoms with E-state index in [1.807, 2.05) is 12.1 Å². The molecule has 0 spiro atoms. The number of hydrogen-bond donors (Lipinski definition) is 2. The summed E-state index contributed by atoms with van der Waals surface area (Å²) in [5.41, 5.74) is 1.54. The standard InChI is InChI=1S/C17H19N3O3S/c21-12-2-1-7-20(9-12)17(23)15(22)18-11-5-6-13-14(8-11)24-16(19-13)10-3-4-10/h5-6,8,10,12,21H,1-4,7,9H2,(H,18,22)/t12-/m1/s1. The molecule has 2 fully saturated rings. The Bertz CT molecular complexity index is 799. The highest BCUT2D eigenvalue weighted by Crippen LogP contribution is 2.43. The molecule has 1 aliphatic heterocycles. The molecular weight excluding hydrogens is 326 g/mol. The van der Waals surface area contributed by atoms with Crippen molar-refractivity contribution in [3.63, 3.8) is 0 Å². The van der Waals surface area contributed by atoms with Gasteiger partial charge >= 0.3 is 11.8 Å². The van der Waals surface area contributed by atoms with E-state index in [-0.39, 0.29) is 6.54 Å². The van der Waals surface area contributed by atoms with Gasteiger partial charge in [0.05, 0.1) is 21.3 Å². The van der Waals surface area contributed by atoms with Crippen molar-refractivity contribution in [3.8, 4) is 0 Å². The lowest BCUT2D eigenvalue weighted by molar-refractivity contribution is -0.145. The number of benzene rings is 1. The molecule has 2 aromatic rings. The Hall–Kier alpha value is -1.99. The molecule has 0 bridgehead atoms. The lowest BCUT2D eigenvalue weighted by Gasteiger charge is -2.29. The second-order valence-electron chi connectivity index (χ2n) is 6.51. The molecule has 1 saturated carbocycles. The smallest absolute Gasteiger partial charge is 0.313 e. The number of nitrogens with zero attached hydrogens (tertiary/aromatic N) is 2. The fraction of sp³-hybridized carbons (Fsp3) is 0.471. The van der Waals surface area contributed by atoms with E-state index >= 15 is 0 Å². The van der Waals surface area contributed by atoms with Gasteiger partial charge in [0.15, 0.2) is 0 Å². The topological polar surface area (TPSA) is 82.5 Å². The normalized spacial score (nSPS) is 21.0. The largest absolute Gasteiger partial charge is 0.391 e. The maximum atomic E-state index is 12.2. The Balaban J connectivity index is 1.46. The molecule has 6 nitrogen and oxygen atoms in total. The number of aromatic nitrogens is 1. The van der Waals surface area contributed by atoms with E-state index in [4.69, 9.17) is 0 Å². The van der Waals surface area contributed by atoms with E-state index in [1.54, 1.807) is 17.4 Å². The van der Waals surface area contributed by atoms with Crippen LogP contribution >= 0.6 is 11.3 Å². The van der Waals surface area contributed by atoms with Crippen LogP contribution in [-0.4, -0.2) is 46.0 Å². The zero-order valence-corrected chi connectivity index (χ0v) is 14.0. The molecule has 1 aliphatic carbocycles. The van der Waals surface area contributed by atoms with E-state index in [1.165, 1.54) is 17.7 Å². The molecule has 0 unspecified atom stereocenters. The molecule has 7 heteroatoms. The lowest BCUT2D eigenvalue weighted by Crippen LogP contribution is -2.46. The second kappa shape index (κ2) is 6.14. The summed E-state index contributed by atoms with van der Waals surface area (Å²) in [6.45, 7) is 0.743. The van der Waals surface area contributed by atoms with E-state index in [0.29, 0.717) is 24.6 Å². The summed E-state index contributed by atoms with van der Waals surface area (Å²) >= 11 is 1.66. The van der Waals surface area contributed by atoms with Crippen molar-refractivity contribution in [3.05, 3.63) is 23.2 Å². The van der Waals surface area contributed by atoms with Crippen molar-refractivity contribution < 1.29 is 14.7 Å². The van der Waals surface area contributed by atoms with Crippen LogP contribution < -0.4 is 5.32 Å². The van der Waals surface area contributed by atoms with Crippen molar-refractivity contribution >= 4 is 39.1 Å². The number of likely N-dealkylation sites (tertiary alicyclic amines) is 1. The number of β-amino-alcohol motifs (C(OH)–C–C–N with tert-alkyl or cyclic N) is 1. The van der Waals surface area contributed by atoms with E-state index < -0.39 is 17.9 Å². The number of carbonyl (C=O) groups is 2. The number of aliphatic hydroxyl groups is 1. The van der Waals surface area contributed by atoms with Crippen molar-refractivity contribution in [1.29, 1.82) is 0 Å². The highest BCUT2D eigenvalue weighted by Gasteiger charge is 2.28. The van der Waals surface area contributed by atoms with E-state index in [9.17, 15) is 14.7 Å². The highest BCUT2D eigenvalue weighted by molar-refractivity contribution is 7.18. The first-order valence-corrected chi connectivity index (χ1v) is 9.10. The van der Waals surface area contributed by atoms with Crippen LogP contribution in [0.4, 0.5) is 5.69 Å². The number of aliphatic hydroxyl groups excluding tert-OH is 1. The molecule has 1 atom stereocenters. The molecule has 1 saturated heterocycles. The Morgan fingerprint density at radius 1 is 1.29 bits per heavy atom. The number of nitrogens with one attached hydrogen (secondary N) is 1. The monoisotopic (exact) mass is 345 g/mol. The average Bonchev–Trinajstić information content (AvgIpc) is 3.34. The van der Waals surface area contributed by atoms with E-state index in [0.717, 1.165) is 21.6 Å². The lowest BCUT2D eigenvalue weighted by atomic mass is 10.1. The van der Waals surface area contributed by atoms with E-state index in [2.05, 4.69) is 10.3 Å². The van der Waals surface area contributed by atoms with Gasteiger partial charge in [0.2, 0.25) is 0 Å². The first-order chi connectivity index (χ1) is 11.6. The van der Waals surface area contributed by atoms with Crippen LogP contribution in [0.1, 0.15) is 36.6 Å². The van der Waals surface area contributed by atoms with Crippen molar-refractivity contribution in [2.75, 3.05) is 18.4 Å². The SMILES string of the molecule is O=C(Nc1ccc2nc(C3CC3)sc2c1)C(=O)N1CCC[C@@H](O)C1. The molecular formula is C17H19N3O3S. The first kappa shape index (κ1) is 15.5. The summed E-state index contributed by atoms with van der Waals surface area (Å²) in [7, 11) is 0. The predicted octanol–water partition coefficient (Wildman–Crippen LogP) is 2.10. The second-order valence-corrected chi connectivity index (χ2v) is 7.57. The molecule has 2 aliphatic rings. The molecule has 126 valence electrons. The van der Waals surface area contributed by atoms with Crippen LogP contribution in [0, 0.1) is 0 Å². The van der Waals surface area contributed by atoms with Crippen LogP contribution in [0.3, 0.4) is 0 Å². The van der Waals surface area contributed by atoms with Gasteiger partial charge in [-0.25, -0.2) is 4.98 Å². The summed E-state index contributed by atoms with van der Waals surface area (Å²) in [5.74, 6) is -0.639. The Morgan fingerprint density at radius 3 is 2.88 bits per heavy atom. The molecule has 2 amide bonds. The number of hydrogen-bond acceptors (Lipinski definition) is 5. The zero-order chi connectivity index (χ0) is 16.7. The molecule has 2 N–H and O–H groups in total. The summed E-state index contributed by atoms with van der Waals surface area (Å²) in [6.07, 6.45) is 3.28. The van der Waals surface area contributed by atoms with Crippen LogP contribution in [0.15, 0.2) is 18.2 Å². The summed E-state index contributed by atoms with van der Waals surface area (Å²) < 4.78 is 1.02. The minimum absolute atomic E-state index is 0.227. The average molecular weight is 345 g/mol. The molecule has 1 aromatic heterocycles. The highest BCUT2D eigenvalue weighted by atomic mass is 32.1. The van der Waals surface area contributed by atoms with Gasteiger partial charge in [-0.2, -0.15) is 0 Å². The molecule has 24 heavy (non-hydrogen) atoms. The van der Waals surface area contributed by atoms with Crippen molar-refractivity contribution in [1.82, 2.24) is 9.88 Å². The third-order valence-corrected chi connectivity index (χ3v) is 5.65. The third-order valence-electron chi connectivity index (χ3n) is 4.47. The third kappa shape index (κ3) is 3.14. The molecule has 4 rings (SSSR count). The number of thiazole rings is 1. The number of amides is 2. The van der Waals surface area contributed by atoms with Gasteiger partial charge in [0.1, 0.15) is 0 Å². The van der Waals surface area contributed by atoms with Crippen LogP contribution in [0.25, 0.3) is 10.2 Å². The number of carbonyl (C=O) groups excluding carboxylic acids is 2. The van der Waals surface area contributed by atoms with Gasteiger partial charge in [0.25, 0.3) is 0 Å². The number of piperidine rings is 1. The van der Waals surface area contributed by atoms with Crippen LogP contribution in [0.2, 0.25) is 0 Å². The van der Waals surface area contributed by atoms with Crippen LogP contribution in [-0.2, 0) is 9.59 Å².